The summed E-state index contributed by atoms with van der Waals surface area (Å²) in [5.74, 6) is -3.30. The lowest BCUT2D eigenvalue weighted by Gasteiger charge is -2.53. The molecule has 2 aliphatic rings. The van der Waals surface area contributed by atoms with Crippen molar-refractivity contribution in [3.63, 3.8) is 0 Å². The summed E-state index contributed by atoms with van der Waals surface area (Å²) in [5, 5.41) is 38.1. The van der Waals surface area contributed by atoms with Crippen LogP contribution < -0.4 is 11.1 Å². The number of hydrogen-bond acceptors (Lipinski definition) is 14. The van der Waals surface area contributed by atoms with E-state index in [0.29, 0.717) is 0 Å². The number of thiazole rings is 1. The molecular weight excluding hydrogens is 623 g/mol. The van der Waals surface area contributed by atoms with Gasteiger partial charge in [0.2, 0.25) is 11.1 Å². The molecule has 0 bridgehead atoms. The molecule has 2 aliphatic heterocycles. The SMILES string of the molecule is Cc1ccc(CON=C(C(=O)NC2C(=O)N3CC(CSc4nnnn4CC(=O)O)(C(=O)O)CS[C@H]23)c2csc(N)n2)cc1. The molecule has 5 rings (SSSR count). The molecule has 0 radical (unpaired) electrons. The highest BCUT2D eigenvalue weighted by atomic mass is 32.2. The predicted molar refractivity (Wildman–Crippen MR) is 155 cm³/mol. The van der Waals surface area contributed by atoms with Gasteiger partial charge in [0.1, 0.15) is 35.7 Å². The number of amides is 2. The second-order valence-corrected chi connectivity index (χ2v) is 12.7. The molecule has 4 heterocycles. The minimum absolute atomic E-state index is 0.0107. The summed E-state index contributed by atoms with van der Waals surface area (Å²) in [5.41, 5.74) is 6.37. The fourth-order valence-corrected chi connectivity index (χ4v) is 7.59. The Hall–Kier alpha value is -4.23. The van der Waals surface area contributed by atoms with Crippen LogP contribution in [-0.2, 0) is 37.2 Å². The molecule has 0 saturated carbocycles. The second-order valence-electron chi connectivity index (χ2n) is 9.78. The van der Waals surface area contributed by atoms with Crippen molar-refractivity contribution in [2.45, 2.75) is 36.6 Å². The number of anilines is 1. The van der Waals surface area contributed by atoms with Gasteiger partial charge >= 0.3 is 11.9 Å². The van der Waals surface area contributed by atoms with E-state index in [0.717, 1.165) is 38.9 Å². The Morgan fingerprint density at radius 1 is 1.28 bits per heavy atom. The summed E-state index contributed by atoms with van der Waals surface area (Å²) < 4.78 is 1.06. The molecule has 1 aromatic carbocycles. The van der Waals surface area contributed by atoms with Crippen LogP contribution >= 0.6 is 34.9 Å². The molecule has 2 unspecified atom stereocenters. The van der Waals surface area contributed by atoms with E-state index in [1.54, 1.807) is 5.38 Å². The maximum atomic E-state index is 13.3. The van der Waals surface area contributed by atoms with E-state index in [1.807, 2.05) is 31.2 Å². The number of nitrogen functional groups attached to an aromatic ring is 1. The number of aliphatic carboxylic acids is 2. The van der Waals surface area contributed by atoms with Crippen molar-refractivity contribution in [3.05, 3.63) is 46.5 Å². The minimum Gasteiger partial charge on any atom is -0.481 e. The van der Waals surface area contributed by atoms with Gasteiger partial charge in [-0.2, -0.15) is 0 Å². The zero-order valence-corrected chi connectivity index (χ0v) is 24.9. The van der Waals surface area contributed by atoms with Crippen molar-refractivity contribution >= 4 is 69.5 Å². The highest BCUT2D eigenvalue weighted by molar-refractivity contribution is 8.00. The number of hydrogen-bond donors (Lipinski definition) is 4. The normalized spacial score (nSPS) is 21.6. The number of oxime groups is 1. The van der Waals surface area contributed by atoms with Crippen molar-refractivity contribution in [2.75, 3.05) is 23.8 Å². The van der Waals surface area contributed by atoms with Gasteiger partial charge in [-0.05, 0) is 22.9 Å². The fourth-order valence-electron chi connectivity index (χ4n) is 4.30. The molecule has 0 spiro atoms. The van der Waals surface area contributed by atoms with Crippen LogP contribution in [-0.4, -0.2) is 99.2 Å². The fraction of sp³-hybridized carbons (Fsp3) is 0.375. The zero-order chi connectivity index (χ0) is 30.7. The number of tetrazole rings is 1. The predicted octanol–water partition coefficient (Wildman–Crippen LogP) is 0.289. The minimum atomic E-state index is -1.36. The van der Waals surface area contributed by atoms with Crippen LogP contribution in [0.5, 0.6) is 0 Å². The third-order valence-electron chi connectivity index (χ3n) is 6.63. The topological polar surface area (TPSA) is 228 Å². The monoisotopic (exact) mass is 647 g/mol. The lowest BCUT2D eigenvalue weighted by atomic mass is 9.89. The summed E-state index contributed by atoms with van der Waals surface area (Å²) >= 11 is 3.34. The van der Waals surface area contributed by atoms with Crippen molar-refractivity contribution < 1.29 is 34.2 Å². The Kier molecular flexibility index (Phi) is 8.83. The van der Waals surface area contributed by atoms with E-state index < -0.39 is 47.1 Å². The molecule has 3 atom stereocenters. The summed E-state index contributed by atoms with van der Waals surface area (Å²) in [6.07, 6.45) is 0. The molecule has 3 aromatic rings. The largest absolute Gasteiger partial charge is 0.481 e. The molecule has 0 aliphatic carbocycles. The zero-order valence-electron chi connectivity index (χ0n) is 22.4. The number of carboxylic acid groups (broad SMARTS) is 2. The summed E-state index contributed by atoms with van der Waals surface area (Å²) in [4.78, 5) is 60.8. The number of nitrogens with zero attached hydrogens (tertiary/aromatic N) is 7. The molecule has 43 heavy (non-hydrogen) atoms. The van der Waals surface area contributed by atoms with Crippen molar-refractivity contribution in [1.82, 2.24) is 35.4 Å². The lowest BCUT2D eigenvalue weighted by molar-refractivity contribution is -0.157. The van der Waals surface area contributed by atoms with Gasteiger partial charge in [0.05, 0.1) is 0 Å². The third kappa shape index (κ3) is 6.57. The summed E-state index contributed by atoms with van der Waals surface area (Å²) in [7, 11) is 0. The number of rotatable bonds is 12. The molecule has 2 fully saturated rings. The van der Waals surface area contributed by atoms with Crippen LogP contribution in [0.3, 0.4) is 0 Å². The van der Waals surface area contributed by atoms with Crippen LogP contribution in [0.25, 0.3) is 0 Å². The van der Waals surface area contributed by atoms with E-state index in [9.17, 15) is 24.3 Å². The number of carboxylic acids is 2. The maximum Gasteiger partial charge on any atom is 0.325 e. The standard InChI is InChI=1S/C24H25N9O7S3/c1-12-2-4-13(5-3-12)7-40-29-16(14-8-41-22(25)26-14)18(36)27-17-19(37)32-9-24(21(38)39,10-42-20(17)32)11-43-23-28-30-31-33(23)6-15(34)35/h2-5,8,17,20H,6-7,9-11H2,1H3,(H2,25,26)(H,27,36)(H,34,35)(H,38,39)/t17?,20-,24?/m1/s1. The first-order valence-corrected chi connectivity index (χ1v) is 15.5. The lowest BCUT2D eigenvalue weighted by Crippen LogP contribution is -2.74. The molecule has 19 heteroatoms. The number of thioether (sulfide) groups is 2. The van der Waals surface area contributed by atoms with Crippen molar-refractivity contribution in [1.29, 1.82) is 0 Å². The molecular formula is C24H25N9O7S3. The Bertz CT molecular complexity index is 1580. The first-order chi connectivity index (χ1) is 20.6. The number of carbonyl (C=O) groups is 4. The highest BCUT2D eigenvalue weighted by Crippen LogP contribution is 2.44. The van der Waals surface area contributed by atoms with Crippen molar-refractivity contribution in [3.8, 4) is 0 Å². The molecule has 2 amide bonds. The van der Waals surface area contributed by atoms with Crippen LogP contribution in [0, 0.1) is 12.3 Å². The third-order valence-corrected chi connectivity index (χ3v) is 10.1. The van der Waals surface area contributed by atoms with Gasteiger partial charge < -0.3 is 31.0 Å². The molecule has 16 nitrogen and oxygen atoms in total. The molecule has 2 aromatic heterocycles. The van der Waals surface area contributed by atoms with E-state index in [4.69, 9.17) is 15.7 Å². The van der Waals surface area contributed by atoms with Crippen LogP contribution in [0.1, 0.15) is 16.8 Å². The number of nitrogens with two attached hydrogens (primary N) is 1. The number of aryl methyl sites for hydroxylation is 1. The quantitative estimate of drug-likeness (QED) is 0.0897. The number of benzene rings is 1. The molecule has 5 N–H and O–H groups in total. The van der Waals surface area contributed by atoms with Gasteiger partial charge in [0, 0.05) is 23.4 Å². The van der Waals surface area contributed by atoms with E-state index >= 15 is 0 Å². The number of aromatic nitrogens is 5. The number of β-lactam (4-membered cyclic amide) rings is 1. The van der Waals surface area contributed by atoms with Gasteiger partial charge in [0.25, 0.3) is 5.91 Å². The molecule has 226 valence electrons. The number of carbonyl (C=O) groups excluding carboxylic acids is 2. The number of fused-ring (bicyclic) bond motifs is 1. The van der Waals surface area contributed by atoms with Crippen LogP contribution in [0.4, 0.5) is 5.13 Å². The Labute approximate surface area is 256 Å². The van der Waals surface area contributed by atoms with Gasteiger partial charge in [-0.1, -0.05) is 46.7 Å². The van der Waals surface area contributed by atoms with Gasteiger partial charge in [-0.25, -0.2) is 9.67 Å². The Morgan fingerprint density at radius 3 is 2.72 bits per heavy atom. The average Bonchev–Trinajstić information content (AvgIpc) is 3.61. The average molecular weight is 648 g/mol. The van der Waals surface area contributed by atoms with E-state index in [-0.39, 0.29) is 46.4 Å². The number of nitrogens with one attached hydrogen (secondary N) is 1. The molecule has 2 saturated heterocycles. The Balaban J connectivity index is 1.24. The highest BCUT2D eigenvalue weighted by Gasteiger charge is 2.57. The van der Waals surface area contributed by atoms with E-state index in [2.05, 4.69) is 31.0 Å². The van der Waals surface area contributed by atoms with Gasteiger partial charge in [0.15, 0.2) is 10.8 Å². The summed E-state index contributed by atoms with van der Waals surface area (Å²) in [6.45, 7) is 1.47. The maximum absolute atomic E-state index is 13.3. The van der Waals surface area contributed by atoms with Crippen LogP contribution in [0.15, 0.2) is 40.0 Å². The van der Waals surface area contributed by atoms with Crippen molar-refractivity contribution in [2.24, 2.45) is 10.6 Å². The van der Waals surface area contributed by atoms with Gasteiger partial charge in [-0.15, -0.1) is 28.2 Å². The van der Waals surface area contributed by atoms with E-state index in [1.165, 1.54) is 16.7 Å². The second kappa shape index (κ2) is 12.6. The first kappa shape index (κ1) is 30.2. The summed E-state index contributed by atoms with van der Waals surface area (Å²) in [6, 6.07) is 6.68. The van der Waals surface area contributed by atoms with Gasteiger partial charge in [-0.3, -0.25) is 19.2 Å². The smallest absolute Gasteiger partial charge is 0.325 e. The Morgan fingerprint density at radius 2 is 2.05 bits per heavy atom. The van der Waals surface area contributed by atoms with Crippen LogP contribution in [0.2, 0.25) is 0 Å². The first-order valence-electron chi connectivity index (χ1n) is 12.6.